The number of hydrogen-bond acceptors (Lipinski definition) is 5. The van der Waals surface area contributed by atoms with Gasteiger partial charge in [0.2, 0.25) is 0 Å². The Bertz CT molecular complexity index is 713. The molecule has 0 radical (unpaired) electrons. The van der Waals surface area contributed by atoms with E-state index in [2.05, 4.69) is 29.5 Å². The van der Waals surface area contributed by atoms with Crippen molar-refractivity contribution < 1.29 is 13.9 Å². The molecule has 1 aromatic rings. The van der Waals surface area contributed by atoms with Crippen molar-refractivity contribution in [3.05, 3.63) is 53.5 Å². The van der Waals surface area contributed by atoms with Crippen LogP contribution in [0.2, 0.25) is 0 Å². The minimum atomic E-state index is 0.578. The zero-order valence-corrected chi connectivity index (χ0v) is 17.1. The van der Waals surface area contributed by atoms with Crippen molar-refractivity contribution in [1.29, 1.82) is 0 Å². The van der Waals surface area contributed by atoms with Crippen molar-refractivity contribution in [3.63, 3.8) is 0 Å². The topological polar surface area (TPSA) is 47.2 Å². The lowest BCUT2D eigenvalue weighted by Gasteiger charge is -2.31. The van der Waals surface area contributed by atoms with E-state index in [1.807, 2.05) is 32.2 Å². The second kappa shape index (κ2) is 10.7. The molecule has 1 aliphatic carbocycles. The molecule has 1 aromatic heterocycles. The number of hydrogen-bond donors (Lipinski definition) is 0. The molecule has 5 nitrogen and oxygen atoms in total. The zero-order chi connectivity index (χ0) is 19.6. The number of rotatable bonds is 11. The molecule has 0 bridgehead atoms. The van der Waals surface area contributed by atoms with Crippen molar-refractivity contribution >= 4 is 11.9 Å². The van der Waals surface area contributed by atoms with E-state index < -0.39 is 0 Å². The summed E-state index contributed by atoms with van der Waals surface area (Å²) in [5, 5.41) is 0. The lowest BCUT2D eigenvalue weighted by molar-refractivity contribution is 0.192. The largest absolute Gasteiger partial charge is 0.496 e. The molecule has 1 heterocycles. The fraction of sp³-hybridized carbons (Fsp3) is 0.500. The van der Waals surface area contributed by atoms with Gasteiger partial charge in [-0.2, -0.15) is 0 Å². The average molecular weight is 373 g/mol. The Balaban J connectivity index is 2.37. The van der Waals surface area contributed by atoms with Gasteiger partial charge in [-0.15, -0.1) is 0 Å². The Hall–Kier alpha value is -2.43. The molecule has 0 amide bonds. The van der Waals surface area contributed by atoms with Crippen molar-refractivity contribution in [3.8, 4) is 0 Å². The number of nitrogens with zero attached hydrogens (tertiary/aromatic N) is 2. The number of furan rings is 1. The number of allylic oxidation sites excluding steroid dienone is 2. The van der Waals surface area contributed by atoms with Crippen LogP contribution in [0.4, 0.5) is 0 Å². The predicted octanol–water partition coefficient (Wildman–Crippen LogP) is 5.30. The van der Waals surface area contributed by atoms with E-state index in [0.717, 1.165) is 66.7 Å². The zero-order valence-electron chi connectivity index (χ0n) is 17.1. The van der Waals surface area contributed by atoms with Crippen LogP contribution in [0.1, 0.15) is 51.1 Å². The maximum Gasteiger partial charge on any atom is 0.150 e. The third-order valence-electron chi connectivity index (χ3n) is 4.39. The molecule has 0 N–H and O–H groups in total. The van der Waals surface area contributed by atoms with Crippen LogP contribution in [-0.4, -0.2) is 37.9 Å². The Morgan fingerprint density at radius 2 is 2.19 bits per heavy atom. The Labute approximate surface area is 163 Å². The van der Waals surface area contributed by atoms with Gasteiger partial charge in [0.1, 0.15) is 28.7 Å². The fourth-order valence-corrected chi connectivity index (χ4v) is 3.00. The van der Waals surface area contributed by atoms with Gasteiger partial charge in [0.15, 0.2) is 0 Å². The first-order valence-corrected chi connectivity index (χ1v) is 9.74. The minimum Gasteiger partial charge on any atom is -0.496 e. The first kappa shape index (κ1) is 20.9. The normalized spacial score (nSPS) is 14.4. The molecule has 0 unspecified atom stereocenters. The van der Waals surface area contributed by atoms with Gasteiger partial charge in [-0.05, 0) is 44.9 Å². The average Bonchev–Trinajstić information content (AvgIpc) is 3.11. The molecule has 27 heavy (non-hydrogen) atoms. The van der Waals surface area contributed by atoms with Gasteiger partial charge in [0.25, 0.3) is 0 Å². The summed E-state index contributed by atoms with van der Waals surface area (Å²) in [4.78, 5) is 6.61. The maximum atomic E-state index is 5.95. The van der Waals surface area contributed by atoms with Gasteiger partial charge in [0, 0.05) is 19.2 Å². The van der Waals surface area contributed by atoms with Gasteiger partial charge in [-0.3, -0.25) is 4.99 Å². The molecule has 1 aliphatic rings. The fourth-order valence-electron chi connectivity index (χ4n) is 3.00. The molecule has 2 rings (SSSR count). The summed E-state index contributed by atoms with van der Waals surface area (Å²) < 4.78 is 17.4. The highest BCUT2D eigenvalue weighted by atomic mass is 16.5. The quantitative estimate of drug-likeness (QED) is 0.390. The van der Waals surface area contributed by atoms with Crippen molar-refractivity contribution in [2.24, 2.45) is 4.99 Å². The van der Waals surface area contributed by atoms with E-state index in [0.29, 0.717) is 13.2 Å². The Kier molecular flexibility index (Phi) is 8.24. The van der Waals surface area contributed by atoms with Crippen LogP contribution in [-0.2, 0) is 9.47 Å². The second-order valence-corrected chi connectivity index (χ2v) is 6.43. The Morgan fingerprint density at radius 3 is 2.81 bits per heavy atom. The number of aliphatic imine (C=N–C) groups is 1. The lowest BCUT2D eigenvalue weighted by Crippen LogP contribution is -2.28. The SMILES string of the molecule is C=C(c1ccc(C)o1)N(C/C=N\CCCC)C1=C(OCC)CCC=C1OC. The van der Waals surface area contributed by atoms with Gasteiger partial charge in [-0.1, -0.05) is 19.9 Å². The number of methoxy groups -OCH3 is 1. The van der Waals surface area contributed by atoms with Crippen molar-refractivity contribution in [2.75, 3.05) is 26.8 Å². The van der Waals surface area contributed by atoms with Crippen LogP contribution in [0.25, 0.3) is 5.70 Å². The summed E-state index contributed by atoms with van der Waals surface area (Å²) in [6.45, 7) is 12.4. The molecular weight excluding hydrogens is 340 g/mol. The van der Waals surface area contributed by atoms with E-state index in [1.165, 1.54) is 0 Å². The summed E-state index contributed by atoms with van der Waals surface area (Å²) in [6.07, 6.45) is 7.99. The molecule has 0 aliphatic heterocycles. The van der Waals surface area contributed by atoms with Crippen LogP contribution in [0, 0.1) is 6.92 Å². The smallest absolute Gasteiger partial charge is 0.150 e. The molecule has 0 atom stereocenters. The molecule has 148 valence electrons. The number of unbranched alkanes of at least 4 members (excludes halogenated alkanes) is 1. The monoisotopic (exact) mass is 372 g/mol. The molecule has 0 saturated heterocycles. The van der Waals surface area contributed by atoms with E-state index in [1.54, 1.807) is 7.11 Å². The molecule has 0 spiro atoms. The van der Waals surface area contributed by atoms with Crippen LogP contribution in [0.5, 0.6) is 0 Å². The maximum absolute atomic E-state index is 5.95. The third kappa shape index (κ3) is 5.52. The third-order valence-corrected chi connectivity index (χ3v) is 4.39. The van der Waals surface area contributed by atoms with Gasteiger partial charge in [0.05, 0.1) is 26.0 Å². The van der Waals surface area contributed by atoms with E-state index >= 15 is 0 Å². The molecular formula is C22H32N2O3. The molecule has 0 aromatic carbocycles. The molecule has 0 fully saturated rings. The standard InChI is InChI=1S/C22H32N2O3/c1-6-8-14-23-15-16-24(18(4)19-13-12-17(3)27-19)22-20(25-5)10-9-11-21(22)26-7-2/h10,12-13,15H,4,6-9,11,14,16H2,1-3,5H3/b23-15-. The van der Waals surface area contributed by atoms with Crippen LogP contribution in [0.3, 0.4) is 0 Å². The highest BCUT2D eigenvalue weighted by molar-refractivity contribution is 5.68. The van der Waals surface area contributed by atoms with E-state index in [4.69, 9.17) is 13.9 Å². The van der Waals surface area contributed by atoms with Gasteiger partial charge < -0.3 is 18.8 Å². The summed E-state index contributed by atoms with van der Waals surface area (Å²) in [5.74, 6) is 3.31. The van der Waals surface area contributed by atoms with Crippen molar-refractivity contribution in [1.82, 2.24) is 4.90 Å². The summed E-state index contributed by atoms with van der Waals surface area (Å²) >= 11 is 0. The predicted molar refractivity (Wildman–Crippen MR) is 110 cm³/mol. The van der Waals surface area contributed by atoms with Crippen LogP contribution < -0.4 is 0 Å². The van der Waals surface area contributed by atoms with Crippen LogP contribution in [0.15, 0.2) is 51.4 Å². The number of ether oxygens (including phenoxy) is 2. The van der Waals surface area contributed by atoms with Gasteiger partial charge in [-0.25, -0.2) is 0 Å². The first-order chi connectivity index (χ1) is 13.1. The highest BCUT2D eigenvalue weighted by Gasteiger charge is 2.27. The second-order valence-electron chi connectivity index (χ2n) is 6.43. The first-order valence-electron chi connectivity index (χ1n) is 9.74. The summed E-state index contributed by atoms with van der Waals surface area (Å²) in [7, 11) is 1.69. The molecule has 5 heteroatoms. The highest BCUT2D eigenvalue weighted by Crippen LogP contribution is 2.34. The molecule has 0 saturated carbocycles. The van der Waals surface area contributed by atoms with Gasteiger partial charge >= 0.3 is 0 Å². The van der Waals surface area contributed by atoms with Crippen molar-refractivity contribution in [2.45, 2.75) is 46.5 Å². The summed E-state index contributed by atoms with van der Waals surface area (Å²) in [5.41, 5.74) is 1.67. The van der Waals surface area contributed by atoms with Crippen LogP contribution >= 0.6 is 0 Å². The summed E-state index contributed by atoms with van der Waals surface area (Å²) in [6, 6.07) is 3.89. The Morgan fingerprint density at radius 1 is 1.37 bits per heavy atom. The van der Waals surface area contributed by atoms with E-state index in [9.17, 15) is 0 Å². The minimum absolute atomic E-state index is 0.578. The number of aryl methyl sites for hydroxylation is 1. The van der Waals surface area contributed by atoms with E-state index in [-0.39, 0.29) is 0 Å². The lowest BCUT2D eigenvalue weighted by atomic mass is 10.1.